The summed E-state index contributed by atoms with van der Waals surface area (Å²) < 4.78 is 11.2. The summed E-state index contributed by atoms with van der Waals surface area (Å²) in [5.74, 6) is 0.267. The summed E-state index contributed by atoms with van der Waals surface area (Å²) in [4.78, 5) is 25.0. The maximum absolute atomic E-state index is 13.0. The minimum Gasteiger partial charge on any atom is -0.466 e. The van der Waals surface area contributed by atoms with Gasteiger partial charge in [0.05, 0.1) is 25.9 Å². The molecule has 0 saturated carbocycles. The van der Waals surface area contributed by atoms with Crippen LogP contribution in [-0.4, -0.2) is 60.7 Å². The van der Waals surface area contributed by atoms with E-state index in [0.29, 0.717) is 32.0 Å². The van der Waals surface area contributed by atoms with E-state index in [1.54, 1.807) is 0 Å². The fourth-order valence-electron chi connectivity index (χ4n) is 5.87. The van der Waals surface area contributed by atoms with Crippen LogP contribution in [-0.2, 0) is 19.1 Å². The van der Waals surface area contributed by atoms with Gasteiger partial charge in [0.1, 0.15) is 6.04 Å². The van der Waals surface area contributed by atoms with Crippen LogP contribution in [0.2, 0.25) is 0 Å². The minimum atomic E-state index is -0.897. The van der Waals surface area contributed by atoms with Gasteiger partial charge in [0, 0.05) is 13.0 Å². The van der Waals surface area contributed by atoms with Crippen LogP contribution in [0.25, 0.3) is 0 Å². The molecule has 3 N–H and O–H groups in total. The molecule has 0 aliphatic heterocycles. The van der Waals surface area contributed by atoms with E-state index in [1.807, 2.05) is 0 Å². The molecule has 0 aromatic heterocycles. The predicted octanol–water partition coefficient (Wildman–Crippen LogP) is 9.20. The predicted molar refractivity (Wildman–Crippen MR) is 187 cm³/mol. The zero-order chi connectivity index (χ0) is 33.2. The van der Waals surface area contributed by atoms with Crippen LogP contribution in [0.1, 0.15) is 188 Å². The third kappa shape index (κ3) is 29.9. The molecule has 0 aromatic carbocycles. The highest BCUT2D eigenvalue weighted by Crippen LogP contribution is 2.22. The van der Waals surface area contributed by atoms with Gasteiger partial charge in [0.2, 0.25) is 0 Å². The van der Waals surface area contributed by atoms with E-state index in [9.17, 15) is 19.8 Å². The Hall–Kier alpha value is -1.18. The van der Waals surface area contributed by atoms with Gasteiger partial charge in [0.15, 0.2) is 0 Å². The summed E-state index contributed by atoms with van der Waals surface area (Å²) >= 11 is 0. The standard InChI is InChI=1S/C38H75NO6/c1-4-7-10-13-14-15-19-24-30-44-37(42)28-23-18-16-17-22-27-36(39-32-35(41)33-40)38(43)45-31-29-34(25-20-11-8-5-2)26-21-12-9-6-3/h34-36,39-41H,4-33H2,1-3H3/t35-,36?/m0/s1. The van der Waals surface area contributed by atoms with Crippen LogP contribution in [0.4, 0.5) is 0 Å². The second kappa shape index (κ2) is 34.2. The SMILES string of the molecule is CCCCCCCCCCOC(=O)CCCCCCCC(NC[C@H](O)CO)C(=O)OCCC(CCCCCC)CCCCCC. The Balaban J connectivity index is 4.27. The fourth-order valence-corrected chi connectivity index (χ4v) is 5.87. The van der Waals surface area contributed by atoms with E-state index in [4.69, 9.17) is 9.47 Å². The Morgan fingerprint density at radius 2 is 1.07 bits per heavy atom. The van der Waals surface area contributed by atoms with E-state index in [-0.39, 0.29) is 25.1 Å². The van der Waals surface area contributed by atoms with E-state index in [1.165, 1.54) is 103 Å². The lowest BCUT2D eigenvalue weighted by atomic mass is 9.92. The molecule has 45 heavy (non-hydrogen) atoms. The van der Waals surface area contributed by atoms with Crippen molar-refractivity contribution >= 4 is 11.9 Å². The number of aliphatic hydroxyl groups is 2. The van der Waals surface area contributed by atoms with Crippen molar-refractivity contribution < 1.29 is 29.3 Å². The van der Waals surface area contributed by atoms with Crippen LogP contribution in [0.5, 0.6) is 0 Å². The third-order valence-corrected chi connectivity index (χ3v) is 8.93. The number of esters is 2. The van der Waals surface area contributed by atoms with Crippen molar-refractivity contribution in [3.8, 4) is 0 Å². The number of carbonyl (C=O) groups is 2. The molecule has 0 fully saturated rings. The molecule has 0 spiro atoms. The van der Waals surface area contributed by atoms with Crippen molar-refractivity contribution in [3.63, 3.8) is 0 Å². The van der Waals surface area contributed by atoms with Crippen molar-refractivity contribution in [1.29, 1.82) is 0 Å². The smallest absolute Gasteiger partial charge is 0.323 e. The number of ether oxygens (including phenoxy) is 2. The van der Waals surface area contributed by atoms with E-state index in [0.717, 1.165) is 51.4 Å². The van der Waals surface area contributed by atoms with E-state index < -0.39 is 12.1 Å². The first-order valence-electron chi connectivity index (χ1n) is 19.3. The molecule has 0 aliphatic rings. The normalized spacial score (nSPS) is 12.8. The van der Waals surface area contributed by atoms with Crippen molar-refractivity contribution in [3.05, 3.63) is 0 Å². The van der Waals surface area contributed by atoms with Crippen molar-refractivity contribution in [2.24, 2.45) is 5.92 Å². The molecule has 0 bridgehead atoms. The number of nitrogens with one attached hydrogen (secondary N) is 1. The molecular weight excluding hydrogens is 566 g/mol. The minimum absolute atomic E-state index is 0.0865. The molecule has 0 saturated heterocycles. The first-order chi connectivity index (χ1) is 22.0. The lowest BCUT2D eigenvalue weighted by Gasteiger charge is -2.21. The van der Waals surface area contributed by atoms with E-state index in [2.05, 4.69) is 26.1 Å². The van der Waals surface area contributed by atoms with Crippen LogP contribution in [0.15, 0.2) is 0 Å². The number of rotatable bonds is 35. The Morgan fingerprint density at radius 3 is 1.64 bits per heavy atom. The molecular formula is C38H75NO6. The molecule has 0 heterocycles. The lowest BCUT2D eigenvalue weighted by molar-refractivity contribution is -0.147. The zero-order valence-corrected chi connectivity index (χ0v) is 30.0. The number of hydrogen-bond donors (Lipinski definition) is 3. The van der Waals surface area contributed by atoms with E-state index >= 15 is 0 Å². The van der Waals surface area contributed by atoms with Crippen LogP contribution < -0.4 is 5.32 Å². The summed E-state index contributed by atoms with van der Waals surface area (Å²) in [5, 5.41) is 22.1. The molecule has 7 heteroatoms. The van der Waals surface area contributed by atoms with Gasteiger partial charge in [-0.15, -0.1) is 0 Å². The summed E-state index contributed by atoms with van der Waals surface area (Å²) in [5.41, 5.74) is 0. The zero-order valence-electron chi connectivity index (χ0n) is 30.0. The summed E-state index contributed by atoms with van der Waals surface area (Å²) in [6.45, 7) is 7.53. The first-order valence-corrected chi connectivity index (χ1v) is 19.3. The molecule has 7 nitrogen and oxygen atoms in total. The molecule has 1 unspecified atom stereocenters. The molecule has 268 valence electrons. The Morgan fingerprint density at radius 1 is 0.578 bits per heavy atom. The third-order valence-electron chi connectivity index (χ3n) is 8.93. The quantitative estimate of drug-likeness (QED) is 0.0468. The molecule has 0 radical (unpaired) electrons. The Bertz CT molecular complexity index is 634. The Kier molecular flexibility index (Phi) is 33.3. The van der Waals surface area contributed by atoms with Gasteiger partial charge in [-0.2, -0.15) is 0 Å². The van der Waals surface area contributed by atoms with Crippen LogP contribution in [0.3, 0.4) is 0 Å². The number of carbonyl (C=O) groups excluding carboxylic acids is 2. The maximum atomic E-state index is 13.0. The van der Waals surface area contributed by atoms with Gasteiger partial charge in [-0.25, -0.2) is 0 Å². The van der Waals surface area contributed by atoms with Gasteiger partial charge >= 0.3 is 11.9 Å². The van der Waals surface area contributed by atoms with Crippen molar-refractivity contribution in [2.75, 3.05) is 26.4 Å². The molecule has 0 aliphatic carbocycles. The Labute approximate surface area is 278 Å². The maximum Gasteiger partial charge on any atom is 0.323 e. The fraction of sp³-hybridized carbons (Fsp3) is 0.947. The summed E-state index contributed by atoms with van der Waals surface area (Å²) in [6, 6.07) is -0.481. The number of unbranched alkanes of at least 4 members (excludes halogenated alkanes) is 17. The lowest BCUT2D eigenvalue weighted by Crippen LogP contribution is -2.43. The van der Waals surface area contributed by atoms with Crippen molar-refractivity contribution in [2.45, 2.75) is 200 Å². The molecule has 2 atom stereocenters. The highest BCUT2D eigenvalue weighted by molar-refractivity contribution is 5.75. The molecule has 0 rings (SSSR count). The van der Waals surface area contributed by atoms with Gasteiger partial charge in [-0.05, 0) is 31.6 Å². The summed E-state index contributed by atoms with van der Waals surface area (Å²) in [7, 11) is 0. The second-order valence-corrected chi connectivity index (χ2v) is 13.3. The average molecular weight is 642 g/mol. The average Bonchev–Trinajstić information content (AvgIpc) is 3.04. The van der Waals surface area contributed by atoms with Gasteiger partial charge in [-0.1, -0.05) is 156 Å². The second-order valence-electron chi connectivity index (χ2n) is 13.3. The van der Waals surface area contributed by atoms with Gasteiger partial charge < -0.3 is 25.0 Å². The van der Waals surface area contributed by atoms with Crippen molar-refractivity contribution in [1.82, 2.24) is 5.32 Å². The van der Waals surface area contributed by atoms with Crippen LogP contribution >= 0.6 is 0 Å². The molecule has 0 amide bonds. The van der Waals surface area contributed by atoms with Crippen LogP contribution in [0, 0.1) is 5.92 Å². The van der Waals surface area contributed by atoms with Gasteiger partial charge in [-0.3, -0.25) is 9.59 Å². The number of aliphatic hydroxyl groups excluding tert-OH is 2. The first kappa shape index (κ1) is 43.8. The topological polar surface area (TPSA) is 105 Å². The monoisotopic (exact) mass is 642 g/mol. The number of hydrogen-bond acceptors (Lipinski definition) is 7. The largest absolute Gasteiger partial charge is 0.466 e. The molecule has 0 aromatic rings. The highest BCUT2D eigenvalue weighted by atomic mass is 16.5. The van der Waals surface area contributed by atoms with Gasteiger partial charge in [0.25, 0.3) is 0 Å². The highest BCUT2D eigenvalue weighted by Gasteiger charge is 2.21. The summed E-state index contributed by atoms with van der Waals surface area (Å²) in [6.07, 6.45) is 28.2.